The maximum Gasteiger partial charge on any atom is 0.257 e. The van der Waals surface area contributed by atoms with Crippen LogP contribution in [0.5, 0.6) is 0 Å². The van der Waals surface area contributed by atoms with Gasteiger partial charge in [0.05, 0.1) is 16.3 Å². The van der Waals surface area contributed by atoms with E-state index in [1.54, 1.807) is 30.0 Å². The van der Waals surface area contributed by atoms with Gasteiger partial charge in [0.1, 0.15) is 0 Å². The van der Waals surface area contributed by atoms with Crippen molar-refractivity contribution in [3.05, 3.63) is 57.5 Å². The first-order chi connectivity index (χ1) is 9.61. The van der Waals surface area contributed by atoms with Crippen molar-refractivity contribution in [1.29, 1.82) is 0 Å². The Labute approximate surface area is 136 Å². The molecule has 2 aromatic carbocycles. The summed E-state index contributed by atoms with van der Waals surface area (Å²) in [5.41, 5.74) is 1.26. The van der Waals surface area contributed by atoms with Crippen LogP contribution in [0.3, 0.4) is 0 Å². The lowest BCUT2D eigenvalue weighted by Crippen LogP contribution is -2.13. The van der Waals surface area contributed by atoms with E-state index in [-0.39, 0.29) is 5.91 Å². The molecular formula is C15H13BrClNOS. The Bertz CT molecular complexity index is 633. The van der Waals surface area contributed by atoms with Crippen molar-refractivity contribution in [1.82, 2.24) is 0 Å². The van der Waals surface area contributed by atoms with Crippen molar-refractivity contribution in [3.8, 4) is 0 Å². The normalized spacial score (nSPS) is 10.3. The molecule has 0 atom stereocenters. The van der Waals surface area contributed by atoms with Gasteiger partial charge in [-0.2, -0.15) is 0 Å². The van der Waals surface area contributed by atoms with Crippen LogP contribution in [0.2, 0.25) is 5.02 Å². The fourth-order valence-corrected chi connectivity index (χ4v) is 3.04. The highest BCUT2D eigenvalue weighted by atomic mass is 79.9. The molecule has 0 aliphatic carbocycles. The molecule has 0 spiro atoms. The van der Waals surface area contributed by atoms with Crippen LogP contribution in [0, 0.1) is 0 Å². The van der Waals surface area contributed by atoms with Crippen molar-refractivity contribution in [3.63, 3.8) is 0 Å². The van der Waals surface area contributed by atoms with Crippen molar-refractivity contribution in [2.75, 3.05) is 11.1 Å². The second kappa shape index (κ2) is 7.16. The lowest BCUT2D eigenvalue weighted by molar-refractivity contribution is 0.102. The van der Waals surface area contributed by atoms with E-state index in [9.17, 15) is 4.79 Å². The van der Waals surface area contributed by atoms with Gasteiger partial charge in [-0.05, 0) is 36.1 Å². The van der Waals surface area contributed by atoms with Crippen molar-refractivity contribution >= 4 is 50.9 Å². The zero-order chi connectivity index (χ0) is 14.5. The van der Waals surface area contributed by atoms with Gasteiger partial charge in [-0.1, -0.05) is 46.6 Å². The van der Waals surface area contributed by atoms with E-state index in [2.05, 4.69) is 28.2 Å². The van der Waals surface area contributed by atoms with Gasteiger partial charge in [0.2, 0.25) is 0 Å². The molecule has 0 radical (unpaired) electrons. The number of benzene rings is 2. The summed E-state index contributed by atoms with van der Waals surface area (Å²) < 4.78 is 0.822. The number of para-hydroxylation sites is 1. The SMILES string of the molecule is CCSc1ccccc1NC(=O)c1cc(Br)ccc1Cl. The molecule has 2 aromatic rings. The van der Waals surface area contributed by atoms with E-state index in [4.69, 9.17) is 11.6 Å². The molecule has 0 fully saturated rings. The topological polar surface area (TPSA) is 29.1 Å². The quantitative estimate of drug-likeness (QED) is 0.723. The Kier molecular flexibility index (Phi) is 5.52. The molecule has 2 nitrogen and oxygen atoms in total. The summed E-state index contributed by atoms with van der Waals surface area (Å²) in [5.74, 6) is 0.741. The number of carbonyl (C=O) groups is 1. The third kappa shape index (κ3) is 3.78. The van der Waals surface area contributed by atoms with Crippen LogP contribution in [-0.2, 0) is 0 Å². The van der Waals surface area contributed by atoms with E-state index in [1.807, 2.05) is 24.3 Å². The summed E-state index contributed by atoms with van der Waals surface area (Å²) in [6, 6.07) is 13.0. The summed E-state index contributed by atoms with van der Waals surface area (Å²) in [4.78, 5) is 13.4. The summed E-state index contributed by atoms with van der Waals surface area (Å²) in [6.07, 6.45) is 0. The molecule has 1 amide bonds. The standard InChI is InChI=1S/C15H13BrClNOS/c1-2-20-14-6-4-3-5-13(14)18-15(19)11-9-10(16)7-8-12(11)17/h3-9H,2H2,1H3,(H,18,19). The number of rotatable bonds is 4. The third-order valence-corrected chi connectivity index (χ3v) is 4.39. The minimum absolute atomic E-state index is 0.208. The Morgan fingerprint density at radius 3 is 2.80 bits per heavy atom. The van der Waals surface area contributed by atoms with E-state index in [0.29, 0.717) is 10.6 Å². The van der Waals surface area contributed by atoms with Gasteiger partial charge in [-0.15, -0.1) is 11.8 Å². The predicted octanol–water partition coefficient (Wildman–Crippen LogP) is 5.47. The van der Waals surface area contributed by atoms with Crippen LogP contribution in [-0.4, -0.2) is 11.7 Å². The molecule has 2 rings (SSSR count). The lowest BCUT2D eigenvalue weighted by atomic mass is 10.2. The Balaban J connectivity index is 2.26. The molecule has 0 saturated heterocycles. The number of hydrogen-bond acceptors (Lipinski definition) is 2. The summed E-state index contributed by atoms with van der Waals surface area (Å²) in [5, 5.41) is 3.35. The number of amides is 1. The van der Waals surface area contributed by atoms with Gasteiger partial charge >= 0.3 is 0 Å². The molecule has 1 N–H and O–H groups in total. The van der Waals surface area contributed by atoms with Crippen LogP contribution >= 0.6 is 39.3 Å². The Morgan fingerprint density at radius 2 is 2.05 bits per heavy atom. The van der Waals surface area contributed by atoms with Gasteiger partial charge in [0.25, 0.3) is 5.91 Å². The third-order valence-electron chi connectivity index (χ3n) is 2.61. The molecule has 20 heavy (non-hydrogen) atoms. The number of nitrogens with one attached hydrogen (secondary N) is 1. The first kappa shape index (κ1) is 15.4. The first-order valence-electron chi connectivity index (χ1n) is 6.10. The van der Waals surface area contributed by atoms with Gasteiger partial charge in [-0.3, -0.25) is 4.79 Å². The van der Waals surface area contributed by atoms with Gasteiger partial charge < -0.3 is 5.32 Å². The number of halogens is 2. The fourth-order valence-electron chi connectivity index (χ4n) is 1.71. The van der Waals surface area contributed by atoms with Gasteiger partial charge in [0, 0.05) is 9.37 Å². The van der Waals surface area contributed by atoms with Crippen molar-refractivity contribution < 1.29 is 4.79 Å². The van der Waals surface area contributed by atoms with Crippen LogP contribution in [0.1, 0.15) is 17.3 Å². The van der Waals surface area contributed by atoms with Crippen LogP contribution in [0.15, 0.2) is 51.8 Å². The molecule has 0 aliphatic heterocycles. The maximum atomic E-state index is 12.3. The van der Waals surface area contributed by atoms with E-state index < -0.39 is 0 Å². The van der Waals surface area contributed by atoms with E-state index in [1.165, 1.54) is 0 Å². The smallest absolute Gasteiger partial charge is 0.257 e. The number of hydrogen-bond donors (Lipinski definition) is 1. The minimum atomic E-state index is -0.208. The first-order valence-corrected chi connectivity index (χ1v) is 8.25. The fraction of sp³-hybridized carbons (Fsp3) is 0.133. The zero-order valence-electron chi connectivity index (χ0n) is 10.8. The zero-order valence-corrected chi connectivity index (χ0v) is 14.0. The van der Waals surface area contributed by atoms with Crippen molar-refractivity contribution in [2.24, 2.45) is 0 Å². The second-order valence-corrected chi connectivity index (χ2v) is 6.64. The van der Waals surface area contributed by atoms with Gasteiger partial charge in [0.15, 0.2) is 0 Å². The maximum absolute atomic E-state index is 12.3. The molecule has 5 heteroatoms. The number of carbonyl (C=O) groups excluding carboxylic acids is 1. The van der Waals surface area contributed by atoms with Crippen molar-refractivity contribution in [2.45, 2.75) is 11.8 Å². The highest BCUT2D eigenvalue weighted by Gasteiger charge is 2.12. The van der Waals surface area contributed by atoms with Gasteiger partial charge in [-0.25, -0.2) is 0 Å². The molecule has 104 valence electrons. The minimum Gasteiger partial charge on any atom is -0.321 e. The molecule has 0 heterocycles. The molecule has 0 aromatic heterocycles. The van der Waals surface area contributed by atoms with Crippen LogP contribution < -0.4 is 5.32 Å². The monoisotopic (exact) mass is 369 g/mol. The molecule has 0 saturated carbocycles. The molecule has 0 unspecified atom stereocenters. The Hall–Kier alpha value is -0.970. The highest BCUT2D eigenvalue weighted by Crippen LogP contribution is 2.28. The molecule has 0 aliphatic rings. The van der Waals surface area contributed by atoms with E-state index in [0.717, 1.165) is 20.8 Å². The molecule has 0 bridgehead atoms. The summed E-state index contributed by atoms with van der Waals surface area (Å²) >= 11 is 11.1. The number of anilines is 1. The molecular weight excluding hydrogens is 358 g/mol. The average molecular weight is 371 g/mol. The lowest BCUT2D eigenvalue weighted by Gasteiger charge is -2.11. The van der Waals surface area contributed by atoms with E-state index >= 15 is 0 Å². The van der Waals surface area contributed by atoms with Crippen LogP contribution in [0.25, 0.3) is 0 Å². The number of thioether (sulfide) groups is 1. The summed E-state index contributed by atoms with van der Waals surface area (Å²) in [7, 11) is 0. The largest absolute Gasteiger partial charge is 0.321 e. The summed E-state index contributed by atoms with van der Waals surface area (Å²) in [6.45, 7) is 2.08. The highest BCUT2D eigenvalue weighted by molar-refractivity contribution is 9.10. The average Bonchev–Trinajstić information content (AvgIpc) is 2.44. The Morgan fingerprint density at radius 1 is 1.30 bits per heavy atom. The van der Waals surface area contributed by atoms with Crippen LogP contribution in [0.4, 0.5) is 5.69 Å². The second-order valence-electron chi connectivity index (χ2n) is 4.01. The predicted molar refractivity (Wildman–Crippen MR) is 89.9 cm³/mol.